The highest BCUT2D eigenvalue weighted by molar-refractivity contribution is 7.92. The quantitative estimate of drug-likeness (QED) is 0.868. The van der Waals surface area contributed by atoms with Crippen LogP contribution < -0.4 is 9.88 Å². The van der Waals surface area contributed by atoms with Crippen molar-refractivity contribution in [2.45, 2.75) is 30.4 Å². The smallest absolute Gasteiger partial charge is 0.238 e. The predicted molar refractivity (Wildman–Crippen MR) is 76.9 cm³/mol. The average molecular weight is 321 g/mol. The van der Waals surface area contributed by atoms with Gasteiger partial charge < -0.3 is 4.74 Å². The largest absolute Gasteiger partial charge is 0.493 e. The Balaban J connectivity index is 2.65. The van der Waals surface area contributed by atoms with Gasteiger partial charge in [-0.25, -0.2) is 22.0 Å². The van der Waals surface area contributed by atoms with Crippen LogP contribution in [0.3, 0.4) is 0 Å². The second kappa shape index (κ2) is 5.71. The number of ether oxygens (including phenoxy) is 1. The second-order valence-electron chi connectivity index (χ2n) is 5.30. The summed E-state index contributed by atoms with van der Waals surface area (Å²) in [4.78, 5) is -0.0211. The van der Waals surface area contributed by atoms with Gasteiger partial charge in [0.1, 0.15) is 12.4 Å². The lowest BCUT2D eigenvalue weighted by atomic mass is 10.3. The Morgan fingerprint density at radius 3 is 1.95 bits per heavy atom. The van der Waals surface area contributed by atoms with Gasteiger partial charge in [-0.1, -0.05) is 0 Å². The van der Waals surface area contributed by atoms with Gasteiger partial charge in [0.15, 0.2) is 9.84 Å². The van der Waals surface area contributed by atoms with Gasteiger partial charge in [0, 0.05) is 0 Å². The second-order valence-corrected chi connectivity index (χ2v) is 9.72. The SMILES string of the molecule is CC(C)(C)S(=O)(=O)CCOc1ccc(S(N)(=O)=O)cc1. The van der Waals surface area contributed by atoms with Gasteiger partial charge in [0.25, 0.3) is 0 Å². The molecule has 0 radical (unpaired) electrons. The molecular formula is C12H19NO5S2. The topological polar surface area (TPSA) is 104 Å². The van der Waals surface area contributed by atoms with Crippen LogP contribution in [-0.4, -0.2) is 33.9 Å². The minimum absolute atomic E-state index is 0.00826. The zero-order valence-electron chi connectivity index (χ0n) is 11.7. The number of sulfonamides is 1. The van der Waals surface area contributed by atoms with E-state index in [1.807, 2.05) is 0 Å². The molecule has 114 valence electrons. The Hall–Kier alpha value is -1.12. The first-order valence-corrected chi connectivity index (χ1v) is 9.11. The molecule has 0 bridgehead atoms. The van der Waals surface area contributed by atoms with E-state index in [9.17, 15) is 16.8 Å². The van der Waals surface area contributed by atoms with Crippen LogP contribution >= 0.6 is 0 Å². The van der Waals surface area contributed by atoms with Crippen LogP contribution in [0.4, 0.5) is 0 Å². The maximum absolute atomic E-state index is 11.9. The Morgan fingerprint density at radius 1 is 1.05 bits per heavy atom. The summed E-state index contributed by atoms with van der Waals surface area (Å²) in [6.45, 7) is 4.89. The van der Waals surface area contributed by atoms with E-state index in [2.05, 4.69) is 0 Å². The van der Waals surface area contributed by atoms with Gasteiger partial charge in [0.05, 0.1) is 15.4 Å². The van der Waals surface area contributed by atoms with Crippen molar-refractivity contribution in [1.82, 2.24) is 0 Å². The monoisotopic (exact) mass is 321 g/mol. The van der Waals surface area contributed by atoms with E-state index < -0.39 is 24.6 Å². The number of benzene rings is 1. The van der Waals surface area contributed by atoms with Gasteiger partial charge >= 0.3 is 0 Å². The Morgan fingerprint density at radius 2 is 1.55 bits per heavy atom. The molecule has 20 heavy (non-hydrogen) atoms. The Labute approximate surface area is 119 Å². The molecule has 0 spiro atoms. The molecule has 1 rings (SSSR count). The van der Waals surface area contributed by atoms with Crippen molar-refractivity contribution in [2.75, 3.05) is 12.4 Å². The van der Waals surface area contributed by atoms with Crippen LogP contribution in [0.1, 0.15) is 20.8 Å². The van der Waals surface area contributed by atoms with Crippen LogP contribution in [0.5, 0.6) is 5.75 Å². The van der Waals surface area contributed by atoms with Crippen molar-refractivity contribution in [1.29, 1.82) is 0 Å². The number of rotatable bonds is 5. The molecule has 0 fully saturated rings. The summed E-state index contributed by atoms with van der Waals surface area (Å²) >= 11 is 0. The fraction of sp³-hybridized carbons (Fsp3) is 0.500. The van der Waals surface area contributed by atoms with Crippen molar-refractivity contribution < 1.29 is 21.6 Å². The molecule has 6 nitrogen and oxygen atoms in total. The van der Waals surface area contributed by atoms with Gasteiger partial charge in [-0.3, -0.25) is 0 Å². The zero-order chi connectivity index (χ0) is 15.6. The van der Waals surface area contributed by atoms with Crippen molar-refractivity contribution in [3.8, 4) is 5.75 Å². The van der Waals surface area contributed by atoms with Crippen molar-refractivity contribution in [2.24, 2.45) is 5.14 Å². The lowest BCUT2D eigenvalue weighted by Gasteiger charge is -2.19. The van der Waals surface area contributed by atoms with Gasteiger partial charge in [0.2, 0.25) is 10.0 Å². The highest BCUT2D eigenvalue weighted by atomic mass is 32.2. The summed E-state index contributed by atoms with van der Waals surface area (Å²) < 4.78 is 50.3. The normalized spacial score (nSPS) is 13.2. The highest BCUT2D eigenvalue weighted by Gasteiger charge is 2.28. The van der Waals surface area contributed by atoms with Crippen molar-refractivity contribution in [3.63, 3.8) is 0 Å². The van der Waals surface area contributed by atoms with E-state index in [-0.39, 0.29) is 17.3 Å². The van der Waals surface area contributed by atoms with E-state index in [0.717, 1.165) is 0 Å². The van der Waals surface area contributed by atoms with Crippen molar-refractivity contribution >= 4 is 19.9 Å². The molecule has 0 aliphatic rings. The summed E-state index contributed by atoms with van der Waals surface area (Å²) in [6, 6.07) is 5.48. The Bertz CT molecular complexity index is 655. The van der Waals surface area contributed by atoms with E-state index in [4.69, 9.17) is 9.88 Å². The summed E-state index contributed by atoms with van der Waals surface area (Å²) in [6.07, 6.45) is 0. The predicted octanol–water partition coefficient (Wildman–Crippen LogP) is 0.926. The van der Waals surface area contributed by atoms with Crippen LogP contribution in [0.15, 0.2) is 29.2 Å². The third-order valence-corrected chi connectivity index (χ3v) is 6.21. The third-order valence-electron chi connectivity index (χ3n) is 2.71. The fourth-order valence-electron chi connectivity index (χ4n) is 1.30. The molecule has 1 aromatic rings. The first kappa shape index (κ1) is 16.9. The summed E-state index contributed by atoms with van der Waals surface area (Å²) in [5.41, 5.74) is 0. The standard InChI is InChI=1S/C12H19NO5S2/c1-12(2,3)19(14,15)9-8-18-10-4-6-11(7-5-10)20(13,16)17/h4-7H,8-9H2,1-3H3,(H2,13,16,17). The molecule has 1 aromatic carbocycles. The number of hydrogen-bond donors (Lipinski definition) is 1. The number of primary sulfonamides is 1. The van der Waals surface area contributed by atoms with E-state index in [0.29, 0.717) is 5.75 Å². The molecule has 0 saturated carbocycles. The Kier molecular flexibility index (Phi) is 4.83. The van der Waals surface area contributed by atoms with E-state index >= 15 is 0 Å². The molecular weight excluding hydrogens is 302 g/mol. The third kappa shape index (κ3) is 4.46. The van der Waals surface area contributed by atoms with E-state index in [1.165, 1.54) is 24.3 Å². The first-order valence-electron chi connectivity index (χ1n) is 5.91. The van der Waals surface area contributed by atoms with Crippen LogP contribution in [-0.2, 0) is 19.9 Å². The summed E-state index contributed by atoms with van der Waals surface area (Å²) in [5.74, 6) is 0.287. The molecule has 0 unspecified atom stereocenters. The molecule has 0 aliphatic heterocycles. The first-order chi connectivity index (χ1) is 8.93. The number of nitrogens with two attached hydrogens (primary N) is 1. The fourth-order valence-corrected chi connectivity index (χ4v) is 2.73. The molecule has 8 heteroatoms. The lowest BCUT2D eigenvalue weighted by molar-refractivity contribution is 0.339. The van der Waals surface area contributed by atoms with Crippen LogP contribution in [0.2, 0.25) is 0 Å². The molecule has 0 aromatic heterocycles. The van der Waals surface area contributed by atoms with Gasteiger partial charge in [-0.15, -0.1) is 0 Å². The van der Waals surface area contributed by atoms with Gasteiger partial charge in [-0.2, -0.15) is 0 Å². The lowest BCUT2D eigenvalue weighted by Crippen LogP contribution is -2.32. The molecule has 0 atom stereocenters. The maximum atomic E-state index is 11.9. The molecule has 0 amide bonds. The maximum Gasteiger partial charge on any atom is 0.238 e. The molecule has 0 aliphatic carbocycles. The van der Waals surface area contributed by atoms with Crippen LogP contribution in [0, 0.1) is 0 Å². The summed E-state index contributed by atoms with van der Waals surface area (Å²) in [5, 5.41) is 4.96. The van der Waals surface area contributed by atoms with Crippen LogP contribution in [0.25, 0.3) is 0 Å². The van der Waals surface area contributed by atoms with E-state index in [1.54, 1.807) is 20.8 Å². The number of sulfone groups is 1. The van der Waals surface area contributed by atoms with Crippen molar-refractivity contribution in [3.05, 3.63) is 24.3 Å². The highest BCUT2D eigenvalue weighted by Crippen LogP contribution is 2.18. The summed E-state index contributed by atoms with van der Waals surface area (Å²) in [7, 11) is -6.97. The van der Waals surface area contributed by atoms with Gasteiger partial charge in [-0.05, 0) is 45.0 Å². The average Bonchev–Trinajstić information content (AvgIpc) is 2.26. The molecule has 0 heterocycles. The zero-order valence-corrected chi connectivity index (χ0v) is 13.3. The molecule has 0 saturated heterocycles. The molecule has 2 N–H and O–H groups in total. The number of hydrogen-bond acceptors (Lipinski definition) is 5. The minimum atomic E-state index is -3.73. The minimum Gasteiger partial charge on any atom is -0.493 e.